The first kappa shape index (κ1) is 29.8. The molecule has 2 heterocycles. The molecule has 2 aromatic heterocycles. The fraction of sp³-hybridized carbons (Fsp3) is 0.0244. The van der Waals surface area contributed by atoms with Crippen LogP contribution in [-0.2, 0) is 6.18 Å². The van der Waals surface area contributed by atoms with Crippen molar-refractivity contribution < 1.29 is 13.2 Å². The molecule has 0 aliphatic carbocycles. The van der Waals surface area contributed by atoms with E-state index in [4.69, 9.17) is 15.0 Å². The van der Waals surface area contributed by atoms with Gasteiger partial charge in [0.2, 0.25) is 0 Å². The Kier molecular flexibility index (Phi) is 7.23. The number of benzene rings is 6. The van der Waals surface area contributed by atoms with Crippen LogP contribution in [0, 0.1) is 11.3 Å². The second-order valence-electron chi connectivity index (χ2n) is 11.5. The van der Waals surface area contributed by atoms with Crippen molar-refractivity contribution in [3.63, 3.8) is 0 Å². The van der Waals surface area contributed by atoms with Crippen LogP contribution in [-0.4, -0.2) is 19.5 Å². The fourth-order valence-corrected chi connectivity index (χ4v) is 6.19. The molecule has 0 atom stereocenters. The molecular weight excluding hydrogens is 619 g/mol. The average molecular weight is 644 g/mol. The second kappa shape index (κ2) is 11.9. The maximum absolute atomic E-state index is 14.2. The van der Waals surface area contributed by atoms with Crippen LogP contribution in [0.2, 0.25) is 0 Å². The van der Waals surface area contributed by atoms with Gasteiger partial charge in [0.25, 0.3) is 0 Å². The van der Waals surface area contributed by atoms with Crippen molar-refractivity contribution in [2.45, 2.75) is 6.18 Å². The zero-order chi connectivity index (χ0) is 33.5. The third-order valence-corrected chi connectivity index (χ3v) is 8.51. The molecule has 0 aliphatic rings. The van der Waals surface area contributed by atoms with E-state index in [1.807, 2.05) is 120 Å². The zero-order valence-corrected chi connectivity index (χ0v) is 25.7. The van der Waals surface area contributed by atoms with Crippen molar-refractivity contribution in [3.8, 4) is 57.0 Å². The number of halogens is 3. The highest BCUT2D eigenvalue weighted by Gasteiger charge is 2.31. The van der Waals surface area contributed by atoms with Gasteiger partial charge in [0.1, 0.15) is 0 Å². The lowest BCUT2D eigenvalue weighted by Crippen LogP contribution is -2.06. The van der Waals surface area contributed by atoms with E-state index in [0.717, 1.165) is 39.2 Å². The van der Waals surface area contributed by atoms with Crippen LogP contribution < -0.4 is 0 Å². The Bertz CT molecular complexity index is 2490. The lowest BCUT2D eigenvalue weighted by molar-refractivity contribution is -0.137. The van der Waals surface area contributed by atoms with E-state index in [9.17, 15) is 18.4 Å². The van der Waals surface area contributed by atoms with Crippen LogP contribution in [0.5, 0.6) is 0 Å². The SMILES string of the molecule is N#Cc1cccc(-c2ccc(-c3nc(-c4ccccc4)nc(-c4ccccc4)n3)c(-n3c4ccccc4c4ccc(C(F)(F)F)cc43)c2)c1. The van der Waals surface area contributed by atoms with E-state index in [-0.39, 0.29) is 0 Å². The van der Waals surface area contributed by atoms with Crippen LogP contribution in [0.4, 0.5) is 13.2 Å². The van der Waals surface area contributed by atoms with E-state index in [0.29, 0.717) is 45.2 Å². The van der Waals surface area contributed by atoms with Gasteiger partial charge in [-0.3, -0.25) is 0 Å². The Morgan fingerprint density at radius 1 is 0.510 bits per heavy atom. The molecule has 8 heteroatoms. The average Bonchev–Trinajstić information content (AvgIpc) is 3.48. The largest absolute Gasteiger partial charge is 0.416 e. The molecule has 0 saturated carbocycles. The summed E-state index contributed by atoms with van der Waals surface area (Å²) in [6.45, 7) is 0. The van der Waals surface area contributed by atoms with E-state index in [1.54, 1.807) is 12.1 Å². The molecule has 0 amide bonds. The molecule has 5 nitrogen and oxygen atoms in total. The molecule has 0 spiro atoms. The quantitative estimate of drug-likeness (QED) is 0.187. The molecule has 0 aliphatic heterocycles. The van der Waals surface area contributed by atoms with Crippen molar-refractivity contribution in [1.29, 1.82) is 5.26 Å². The summed E-state index contributed by atoms with van der Waals surface area (Å²) in [5, 5.41) is 11.1. The minimum absolute atomic E-state index is 0.359. The first-order chi connectivity index (χ1) is 23.9. The number of nitriles is 1. The van der Waals surface area contributed by atoms with Gasteiger partial charge >= 0.3 is 6.18 Å². The lowest BCUT2D eigenvalue weighted by atomic mass is 10.00. The number of para-hydroxylation sites is 1. The third kappa shape index (κ3) is 5.47. The summed E-state index contributed by atoms with van der Waals surface area (Å²) >= 11 is 0. The minimum atomic E-state index is -4.54. The summed E-state index contributed by atoms with van der Waals surface area (Å²) in [7, 11) is 0. The van der Waals surface area contributed by atoms with Gasteiger partial charge in [0, 0.05) is 27.5 Å². The monoisotopic (exact) mass is 643 g/mol. The Morgan fingerprint density at radius 2 is 1.10 bits per heavy atom. The normalized spacial score (nSPS) is 11.6. The Morgan fingerprint density at radius 3 is 1.78 bits per heavy atom. The number of hydrogen-bond acceptors (Lipinski definition) is 4. The number of alkyl halides is 3. The molecule has 49 heavy (non-hydrogen) atoms. The number of rotatable bonds is 5. The highest BCUT2D eigenvalue weighted by molar-refractivity contribution is 6.10. The summed E-state index contributed by atoms with van der Waals surface area (Å²) < 4.78 is 44.3. The van der Waals surface area contributed by atoms with Crippen molar-refractivity contribution >= 4 is 21.8 Å². The van der Waals surface area contributed by atoms with Crippen LogP contribution in [0.1, 0.15) is 11.1 Å². The van der Waals surface area contributed by atoms with Gasteiger partial charge in [0.05, 0.1) is 33.9 Å². The van der Waals surface area contributed by atoms with Gasteiger partial charge in [0.15, 0.2) is 17.5 Å². The molecule has 0 bridgehead atoms. The van der Waals surface area contributed by atoms with Crippen LogP contribution in [0.25, 0.3) is 72.8 Å². The van der Waals surface area contributed by atoms with Gasteiger partial charge in [-0.1, -0.05) is 103 Å². The number of nitrogens with zero attached hydrogens (tertiary/aromatic N) is 5. The topological polar surface area (TPSA) is 67.4 Å². The van der Waals surface area contributed by atoms with E-state index in [2.05, 4.69) is 6.07 Å². The van der Waals surface area contributed by atoms with Crippen LogP contribution >= 0.6 is 0 Å². The fourth-order valence-electron chi connectivity index (χ4n) is 6.19. The molecule has 0 radical (unpaired) electrons. The molecule has 0 unspecified atom stereocenters. The first-order valence-corrected chi connectivity index (χ1v) is 15.5. The number of hydrogen-bond donors (Lipinski definition) is 0. The van der Waals surface area contributed by atoms with Crippen molar-refractivity contribution in [3.05, 3.63) is 157 Å². The second-order valence-corrected chi connectivity index (χ2v) is 11.5. The summed E-state index contributed by atoms with van der Waals surface area (Å²) in [6.07, 6.45) is -4.54. The number of aromatic nitrogens is 4. The molecule has 0 fully saturated rings. The summed E-state index contributed by atoms with van der Waals surface area (Å²) in [5.74, 6) is 1.28. The molecule has 234 valence electrons. The molecule has 0 saturated heterocycles. The Labute approximate surface area is 279 Å². The van der Waals surface area contributed by atoms with E-state index in [1.165, 1.54) is 12.1 Å². The number of fused-ring (bicyclic) bond motifs is 3. The lowest BCUT2D eigenvalue weighted by Gasteiger charge is -2.17. The Hall–Kier alpha value is -6.59. The summed E-state index contributed by atoms with van der Waals surface area (Å²) in [6, 6.07) is 45.7. The zero-order valence-electron chi connectivity index (χ0n) is 25.7. The third-order valence-electron chi connectivity index (χ3n) is 8.51. The predicted molar refractivity (Wildman–Crippen MR) is 186 cm³/mol. The highest BCUT2D eigenvalue weighted by atomic mass is 19.4. The maximum Gasteiger partial charge on any atom is 0.416 e. The predicted octanol–water partition coefficient (Wildman–Crippen LogP) is 10.5. The maximum atomic E-state index is 14.2. The van der Waals surface area contributed by atoms with E-state index < -0.39 is 11.7 Å². The summed E-state index contributed by atoms with van der Waals surface area (Å²) in [5.41, 5.74) is 5.18. The highest BCUT2D eigenvalue weighted by Crippen LogP contribution is 2.40. The van der Waals surface area contributed by atoms with Crippen LogP contribution in [0.3, 0.4) is 0 Å². The minimum Gasteiger partial charge on any atom is -0.308 e. The van der Waals surface area contributed by atoms with E-state index >= 15 is 0 Å². The standard InChI is InChI=1S/C41H24F3N5/c42-41(43,44)31-19-21-33-32-16-7-8-17-35(32)49(37(33)24-31)36-23-30(29-15-9-10-26(22-29)25-45)18-20-34(36)40-47-38(27-11-3-1-4-12-27)46-39(48-40)28-13-5-2-6-14-28/h1-24H. The summed E-state index contributed by atoms with van der Waals surface area (Å²) in [4.78, 5) is 14.7. The Balaban J connectivity index is 1.47. The smallest absolute Gasteiger partial charge is 0.308 e. The van der Waals surface area contributed by atoms with Gasteiger partial charge < -0.3 is 4.57 Å². The first-order valence-electron chi connectivity index (χ1n) is 15.5. The van der Waals surface area contributed by atoms with Crippen molar-refractivity contribution in [2.24, 2.45) is 0 Å². The van der Waals surface area contributed by atoms with Crippen molar-refractivity contribution in [2.75, 3.05) is 0 Å². The van der Waals surface area contributed by atoms with Crippen molar-refractivity contribution in [1.82, 2.24) is 19.5 Å². The van der Waals surface area contributed by atoms with Crippen LogP contribution in [0.15, 0.2) is 146 Å². The van der Waals surface area contributed by atoms with Gasteiger partial charge in [-0.2, -0.15) is 18.4 Å². The molecule has 0 N–H and O–H groups in total. The van der Waals surface area contributed by atoms with Gasteiger partial charge in [-0.25, -0.2) is 15.0 Å². The van der Waals surface area contributed by atoms with Gasteiger partial charge in [-0.05, 0) is 53.6 Å². The molecular formula is C41H24F3N5. The molecule has 8 rings (SSSR count). The van der Waals surface area contributed by atoms with Gasteiger partial charge in [-0.15, -0.1) is 0 Å². The molecule has 8 aromatic rings. The molecule has 6 aromatic carbocycles.